The summed E-state index contributed by atoms with van der Waals surface area (Å²) in [5.41, 5.74) is 7.43. The van der Waals surface area contributed by atoms with Crippen molar-refractivity contribution in [3.8, 4) is 17.1 Å². The number of tetrazole rings is 1. The first-order valence-electron chi connectivity index (χ1n) is 7.06. The van der Waals surface area contributed by atoms with E-state index in [1.807, 2.05) is 16.8 Å². The number of anilines is 1. The third-order valence-electron chi connectivity index (χ3n) is 4.14. The zero-order valence-electron chi connectivity index (χ0n) is 13.3. The first-order chi connectivity index (χ1) is 9.86. The molecule has 1 heterocycles. The zero-order valence-corrected chi connectivity index (χ0v) is 13.3. The molecule has 0 fully saturated rings. The van der Waals surface area contributed by atoms with E-state index in [1.165, 1.54) is 0 Å². The van der Waals surface area contributed by atoms with E-state index in [2.05, 4.69) is 43.2 Å². The second kappa shape index (κ2) is 5.71. The number of nitrogen functional groups attached to an aromatic ring is 1. The lowest BCUT2D eigenvalue weighted by molar-refractivity contribution is 0.200. The Morgan fingerprint density at radius 2 is 2.05 bits per heavy atom. The molecule has 2 aromatic rings. The Bertz CT molecular complexity index is 618. The molecule has 0 aliphatic rings. The first-order valence-corrected chi connectivity index (χ1v) is 7.06. The van der Waals surface area contributed by atoms with E-state index in [1.54, 1.807) is 13.2 Å². The van der Waals surface area contributed by atoms with Crippen molar-refractivity contribution < 1.29 is 4.74 Å². The van der Waals surface area contributed by atoms with Gasteiger partial charge in [0.05, 0.1) is 24.9 Å². The van der Waals surface area contributed by atoms with Crippen LogP contribution in [-0.4, -0.2) is 27.3 Å². The summed E-state index contributed by atoms with van der Waals surface area (Å²) >= 11 is 0. The molecule has 0 amide bonds. The van der Waals surface area contributed by atoms with Gasteiger partial charge in [0.25, 0.3) is 0 Å². The number of ether oxygens (including phenoxy) is 1. The molecule has 0 spiro atoms. The van der Waals surface area contributed by atoms with Crippen molar-refractivity contribution in [2.75, 3.05) is 12.8 Å². The standard InChI is InChI=1S/C15H23N5O/c1-10(2)15(3,4)9-20-14(17-18-19-20)11-7-6-8-12(16)13(11)21-5/h6-8,10H,9,16H2,1-5H3. The maximum Gasteiger partial charge on any atom is 0.185 e. The summed E-state index contributed by atoms with van der Waals surface area (Å²) in [5, 5.41) is 12.1. The van der Waals surface area contributed by atoms with Crippen LogP contribution in [0.25, 0.3) is 11.4 Å². The van der Waals surface area contributed by atoms with Gasteiger partial charge in [-0.1, -0.05) is 33.8 Å². The number of methoxy groups -OCH3 is 1. The second-order valence-corrected chi connectivity index (χ2v) is 6.23. The molecule has 6 nitrogen and oxygen atoms in total. The Balaban J connectivity index is 2.44. The smallest absolute Gasteiger partial charge is 0.185 e. The molecular formula is C15H23N5O. The van der Waals surface area contributed by atoms with Crippen molar-refractivity contribution >= 4 is 5.69 Å². The fourth-order valence-corrected chi connectivity index (χ4v) is 2.03. The highest BCUT2D eigenvalue weighted by atomic mass is 16.5. The molecule has 2 N–H and O–H groups in total. The molecule has 0 unspecified atom stereocenters. The minimum absolute atomic E-state index is 0.0810. The van der Waals surface area contributed by atoms with Crippen molar-refractivity contribution in [2.45, 2.75) is 34.2 Å². The molecule has 0 saturated heterocycles. The molecule has 6 heteroatoms. The number of hydrogen-bond donors (Lipinski definition) is 1. The summed E-state index contributed by atoms with van der Waals surface area (Å²) in [6, 6.07) is 5.59. The summed E-state index contributed by atoms with van der Waals surface area (Å²) in [7, 11) is 1.60. The van der Waals surface area contributed by atoms with E-state index in [0.29, 0.717) is 23.2 Å². The van der Waals surface area contributed by atoms with Gasteiger partial charge in [0, 0.05) is 0 Å². The average Bonchev–Trinajstić information content (AvgIpc) is 2.85. The topological polar surface area (TPSA) is 78.8 Å². The minimum Gasteiger partial charge on any atom is -0.494 e. The maximum atomic E-state index is 5.96. The number of nitrogens with zero attached hydrogens (tertiary/aromatic N) is 4. The second-order valence-electron chi connectivity index (χ2n) is 6.23. The van der Waals surface area contributed by atoms with E-state index >= 15 is 0 Å². The van der Waals surface area contributed by atoms with E-state index in [9.17, 15) is 0 Å². The van der Waals surface area contributed by atoms with Crippen molar-refractivity contribution in [1.82, 2.24) is 20.2 Å². The monoisotopic (exact) mass is 289 g/mol. The van der Waals surface area contributed by atoms with Gasteiger partial charge in [0.15, 0.2) is 11.6 Å². The van der Waals surface area contributed by atoms with Gasteiger partial charge in [-0.25, -0.2) is 4.68 Å². The summed E-state index contributed by atoms with van der Waals surface area (Å²) in [6.45, 7) is 9.54. The molecule has 21 heavy (non-hydrogen) atoms. The maximum absolute atomic E-state index is 5.96. The number of para-hydroxylation sites is 1. The molecule has 0 saturated carbocycles. The average molecular weight is 289 g/mol. The fraction of sp³-hybridized carbons (Fsp3) is 0.533. The summed E-state index contributed by atoms with van der Waals surface area (Å²) in [5.74, 6) is 1.79. The van der Waals surface area contributed by atoms with Crippen LogP contribution in [0.5, 0.6) is 5.75 Å². The molecule has 0 aliphatic heterocycles. The highest BCUT2D eigenvalue weighted by Crippen LogP contribution is 2.35. The molecule has 0 radical (unpaired) electrons. The van der Waals surface area contributed by atoms with Crippen LogP contribution in [0.1, 0.15) is 27.7 Å². The molecule has 0 atom stereocenters. The predicted molar refractivity (Wildman–Crippen MR) is 82.8 cm³/mol. The van der Waals surface area contributed by atoms with E-state index < -0.39 is 0 Å². The van der Waals surface area contributed by atoms with Crippen LogP contribution in [0.3, 0.4) is 0 Å². The SMILES string of the molecule is COc1c(N)cccc1-c1nnnn1CC(C)(C)C(C)C. The van der Waals surface area contributed by atoms with Gasteiger partial charge >= 0.3 is 0 Å². The van der Waals surface area contributed by atoms with Crippen molar-refractivity contribution in [3.63, 3.8) is 0 Å². The lowest BCUT2D eigenvalue weighted by Gasteiger charge is -2.29. The normalized spacial score (nSPS) is 11.9. The van der Waals surface area contributed by atoms with E-state index in [0.717, 1.165) is 12.1 Å². The Morgan fingerprint density at radius 3 is 2.67 bits per heavy atom. The summed E-state index contributed by atoms with van der Waals surface area (Å²) in [4.78, 5) is 0. The third kappa shape index (κ3) is 2.99. The Morgan fingerprint density at radius 1 is 1.33 bits per heavy atom. The lowest BCUT2D eigenvalue weighted by Crippen LogP contribution is -2.26. The third-order valence-corrected chi connectivity index (χ3v) is 4.14. The molecule has 1 aromatic carbocycles. The Kier molecular flexibility index (Phi) is 4.16. The quantitative estimate of drug-likeness (QED) is 0.856. The van der Waals surface area contributed by atoms with Crippen molar-refractivity contribution in [3.05, 3.63) is 18.2 Å². The predicted octanol–water partition coefficient (Wildman–Crippen LogP) is 2.61. The zero-order chi connectivity index (χ0) is 15.6. The van der Waals surface area contributed by atoms with Gasteiger partial charge in [-0.3, -0.25) is 0 Å². The Hall–Kier alpha value is -2.11. The lowest BCUT2D eigenvalue weighted by atomic mass is 9.81. The van der Waals surface area contributed by atoms with Crippen LogP contribution in [0.4, 0.5) is 5.69 Å². The molecule has 0 aliphatic carbocycles. The molecule has 0 bridgehead atoms. The van der Waals surface area contributed by atoms with E-state index in [4.69, 9.17) is 10.5 Å². The largest absolute Gasteiger partial charge is 0.494 e. The van der Waals surface area contributed by atoms with Gasteiger partial charge < -0.3 is 10.5 Å². The number of benzene rings is 1. The molecule has 1 aromatic heterocycles. The van der Waals surface area contributed by atoms with Gasteiger partial charge in [0.2, 0.25) is 0 Å². The van der Waals surface area contributed by atoms with Gasteiger partial charge in [0.1, 0.15) is 0 Å². The van der Waals surface area contributed by atoms with Crippen LogP contribution in [0, 0.1) is 11.3 Å². The van der Waals surface area contributed by atoms with Crippen LogP contribution in [0.15, 0.2) is 18.2 Å². The summed E-state index contributed by atoms with van der Waals surface area (Å²) in [6.07, 6.45) is 0. The molecule has 2 rings (SSSR count). The molecule has 114 valence electrons. The van der Waals surface area contributed by atoms with Gasteiger partial charge in [-0.2, -0.15) is 0 Å². The molecular weight excluding hydrogens is 266 g/mol. The van der Waals surface area contributed by atoms with Gasteiger partial charge in [-0.05, 0) is 33.9 Å². The number of aromatic nitrogens is 4. The summed E-state index contributed by atoms with van der Waals surface area (Å²) < 4.78 is 7.22. The van der Waals surface area contributed by atoms with Gasteiger partial charge in [-0.15, -0.1) is 5.10 Å². The number of hydrogen-bond acceptors (Lipinski definition) is 5. The Labute approximate surface area is 125 Å². The van der Waals surface area contributed by atoms with Crippen LogP contribution < -0.4 is 10.5 Å². The van der Waals surface area contributed by atoms with Crippen LogP contribution >= 0.6 is 0 Å². The minimum atomic E-state index is 0.0810. The van der Waals surface area contributed by atoms with Crippen molar-refractivity contribution in [2.24, 2.45) is 11.3 Å². The highest BCUT2D eigenvalue weighted by molar-refractivity contribution is 5.73. The number of nitrogens with two attached hydrogens (primary N) is 1. The van der Waals surface area contributed by atoms with Crippen molar-refractivity contribution in [1.29, 1.82) is 0 Å². The number of rotatable bonds is 5. The highest BCUT2D eigenvalue weighted by Gasteiger charge is 2.26. The van der Waals surface area contributed by atoms with Crippen LogP contribution in [0.2, 0.25) is 0 Å². The van der Waals surface area contributed by atoms with E-state index in [-0.39, 0.29) is 5.41 Å². The first kappa shape index (κ1) is 15.3. The fourth-order valence-electron chi connectivity index (χ4n) is 2.03. The van der Waals surface area contributed by atoms with Crippen LogP contribution in [-0.2, 0) is 6.54 Å².